The van der Waals surface area contributed by atoms with E-state index in [9.17, 15) is 4.79 Å². The molecule has 1 aromatic heterocycles. The van der Waals surface area contributed by atoms with Crippen molar-refractivity contribution >= 4 is 5.82 Å². The van der Waals surface area contributed by atoms with E-state index in [0.29, 0.717) is 11.3 Å². The number of anilines is 1. The van der Waals surface area contributed by atoms with Crippen molar-refractivity contribution in [2.24, 2.45) is 5.41 Å². The molecule has 3 rings (SSSR count). The Morgan fingerprint density at radius 3 is 2.61 bits per heavy atom. The highest BCUT2D eigenvalue weighted by Crippen LogP contribution is 2.38. The van der Waals surface area contributed by atoms with Crippen molar-refractivity contribution in [3.05, 3.63) is 22.2 Å². The Bertz CT molecular complexity index is 492. The molecule has 1 aliphatic heterocycles. The summed E-state index contributed by atoms with van der Waals surface area (Å²) < 4.78 is 0. The molecule has 0 bridgehead atoms. The molecule has 0 amide bonds. The first kappa shape index (κ1) is 11.8. The Balaban J connectivity index is 1.82. The number of hydrogen-bond donors (Lipinski definition) is 1. The van der Waals surface area contributed by atoms with E-state index in [0.717, 1.165) is 24.7 Å². The lowest BCUT2D eigenvalue weighted by Crippen LogP contribution is -2.38. The van der Waals surface area contributed by atoms with Crippen LogP contribution in [0.15, 0.2) is 10.9 Å². The molecule has 2 heterocycles. The predicted octanol–water partition coefficient (Wildman–Crippen LogP) is 2.27. The van der Waals surface area contributed by atoms with Crippen molar-refractivity contribution in [3.8, 4) is 0 Å². The summed E-state index contributed by atoms with van der Waals surface area (Å²) in [5.74, 6) is 2.26. The van der Waals surface area contributed by atoms with Crippen LogP contribution in [-0.2, 0) is 0 Å². The van der Waals surface area contributed by atoms with Crippen LogP contribution in [0.25, 0.3) is 0 Å². The summed E-state index contributed by atoms with van der Waals surface area (Å²) in [7, 11) is 0. The first-order valence-corrected chi connectivity index (χ1v) is 6.90. The molecule has 0 unspecified atom stereocenters. The molecule has 4 nitrogen and oxygen atoms in total. The molecule has 1 aliphatic carbocycles. The van der Waals surface area contributed by atoms with Crippen LogP contribution in [0.2, 0.25) is 0 Å². The van der Waals surface area contributed by atoms with Gasteiger partial charge in [0.05, 0.1) is 0 Å². The standard InChI is InChI=1S/C14H21N3O/c1-14(2)5-7-17(8-6-14)11-9-12(18)16-13(15-11)10-3-4-10/h9-10H,3-8H2,1-2H3,(H,15,16,18). The normalized spacial score (nSPS) is 23.1. The number of hydrogen-bond acceptors (Lipinski definition) is 3. The van der Waals surface area contributed by atoms with E-state index in [1.807, 2.05) is 0 Å². The fraction of sp³-hybridized carbons (Fsp3) is 0.714. The second kappa shape index (κ2) is 4.11. The van der Waals surface area contributed by atoms with Crippen molar-refractivity contribution in [2.45, 2.75) is 45.4 Å². The second-order valence-corrected chi connectivity index (χ2v) is 6.41. The zero-order valence-corrected chi connectivity index (χ0v) is 11.2. The number of H-pyrrole nitrogens is 1. The van der Waals surface area contributed by atoms with Gasteiger partial charge < -0.3 is 9.88 Å². The zero-order chi connectivity index (χ0) is 12.8. The van der Waals surface area contributed by atoms with Gasteiger partial charge in [-0.25, -0.2) is 4.98 Å². The van der Waals surface area contributed by atoms with Crippen LogP contribution in [0.1, 0.15) is 51.3 Å². The minimum Gasteiger partial charge on any atom is -0.356 e. The minimum absolute atomic E-state index is 0.00765. The Labute approximate surface area is 107 Å². The summed E-state index contributed by atoms with van der Waals surface area (Å²) >= 11 is 0. The predicted molar refractivity (Wildman–Crippen MR) is 72.1 cm³/mol. The molecule has 1 aromatic rings. The molecule has 1 saturated heterocycles. The first-order chi connectivity index (χ1) is 8.53. The molecule has 1 N–H and O–H groups in total. The molecule has 2 fully saturated rings. The van der Waals surface area contributed by atoms with Gasteiger partial charge in [0.25, 0.3) is 5.56 Å². The molecule has 0 atom stereocenters. The van der Waals surface area contributed by atoms with Crippen LogP contribution in [0.5, 0.6) is 0 Å². The fourth-order valence-electron chi connectivity index (χ4n) is 2.52. The molecule has 98 valence electrons. The maximum atomic E-state index is 11.7. The van der Waals surface area contributed by atoms with E-state index >= 15 is 0 Å². The number of piperidine rings is 1. The number of nitrogens with one attached hydrogen (secondary N) is 1. The average Bonchev–Trinajstić information content (AvgIpc) is 3.11. The highest BCUT2D eigenvalue weighted by atomic mass is 16.1. The van der Waals surface area contributed by atoms with Crippen molar-refractivity contribution in [1.82, 2.24) is 9.97 Å². The van der Waals surface area contributed by atoms with Gasteiger partial charge in [0.2, 0.25) is 0 Å². The topological polar surface area (TPSA) is 49.0 Å². The number of aromatic amines is 1. The lowest BCUT2D eigenvalue weighted by atomic mass is 9.83. The monoisotopic (exact) mass is 247 g/mol. The third-order valence-electron chi connectivity index (χ3n) is 4.15. The number of nitrogens with zero attached hydrogens (tertiary/aromatic N) is 2. The summed E-state index contributed by atoms with van der Waals surface area (Å²) in [6, 6.07) is 1.64. The molecule has 1 saturated carbocycles. The van der Waals surface area contributed by atoms with Crippen LogP contribution in [0.3, 0.4) is 0 Å². The maximum absolute atomic E-state index is 11.7. The molecule has 18 heavy (non-hydrogen) atoms. The largest absolute Gasteiger partial charge is 0.356 e. The SMILES string of the molecule is CC1(C)CCN(c2cc(=O)[nH]c(C3CC3)n2)CC1. The van der Waals surface area contributed by atoms with Gasteiger partial charge in [0.15, 0.2) is 0 Å². The quantitative estimate of drug-likeness (QED) is 0.872. The van der Waals surface area contributed by atoms with Gasteiger partial charge in [-0.1, -0.05) is 13.8 Å². The molecule has 0 spiro atoms. The maximum Gasteiger partial charge on any atom is 0.252 e. The molecular formula is C14H21N3O. The second-order valence-electron chi connectivity index (χ2n) is 6.41. The number of aromatic nitrogens is 2. The van der Waals surface area contributed by atoms with Gasteiger partial charge in [-0.15, -0.1) is 0 Å². The Morgan fingerprint density at radius 1 is 1.33 bits per heavy atom. The highest BCUT2D eigenvalue weighted by molar-refractivity contribution is 5.38. The first-order valence-electron chi connectivity index (χ1n) is 6.90. The van der Waals surface area contributed by atoms with Gasteiger partial charge in [-0.2, -0.15) is 0 Å². The van der Waals surface area contributed by atoms with Crippen LogP contribution >= 0.6 is 0 Å². The van der Waals surface area contributed by atoms with Crippen molar-refractivity contribution < 1.29 is 0 Å². The van der Waals surface area contributed by atoms with Crippen molar-refractivity contribution in [1.29, 1.82) is 0 Å². The summed E-state index contributed by atoms with van der Waals surface area (Å²) in [5.41, 5.74) is 0.420. The lowest BCUT2D eigenvalue weighted by Gasteiger charge is -2.37. The molecule has 4 heteroatoms. The van der Waals surface area contributed by atoms with Crippen LogP contribution in [-0.4, -0.2) is 23.1 Å². The summed E-state index contributed by atoms with van der Waals surface area (Å²) in [6.07, 6.45) is 4.67. The average molecular weight is 247 g/mol. The van der Waals surface area contributed by atoms with Crippen LogP contribution < -0.4 is 10.5 Å². The van der Waals surface area contributed by atoms with Gasteiger partial charge in [-0.05, 0) is 31.1 Å². The third kappa shape index (κ3) is 2.42. The Kier molecular flexibility index (Phi) is 2.68. The molecular weight excluding hydrogens is 226 g/mol. The number of rotatable bonds is 2. The van der Waals surface area contributed by atoms with E-state index in [1.165, 1.54) is 25.7 Å². The smallest absolute Gasteiger partial charge is 0.252 e. The summed E-state index contributed by atoms with van der Waals surface area (Å²) in [4.78, 5) is 21.5. The van der Waals surface area contributed by atoms with E-state index in [-0.39, 0.29) is 5.56 Å². The molecule has 0 radical (unpaired) electrons. The van der Waals surface area contributed by atoms with Crippen LogP contribution in [0.4, 0.5) is 5.82 Å². The van der Waals surface area contributed by atoms with Gasteiger partial charge in [0.1, 0.15) is 11.6 Å². The Morgan fingerprint density at radius 2 is 2.00 bits per heavy atom. The van der Waals surface area contributed by atoms with Gasteiger partial charge in [-0.3, -0.25) is 4.79 Å². The van der Waals surface area contributed by atoms with Crippen molar-refractivity contribution in [3.63, 3.8) is 0 Å². The summed E-state index contributed by atoms with van der Waals surface area (Å²) in [6.45, 7) is 6.64. The van der Waals surface area contributed by atoms with E-state index in [1.54, 1.807) is 6.07 Å². The zero-order valence-electron chi connectivity index (χ0n) is 11.2. The minimum atomic E-state index is -0.00765. The lowest BCUT2D eigenvalue weighted by molar-refractivity contribution is 0.279. The summed E-state index contributed by atoms with van der Waals surface area (Å²) in [5, 5.41) is 0. The highest BCUT2D eigenvalue weighted by Gasteiger charge is 2.29. The van der Waals surface area contributed by atoms with Gasteiger partial charge >= 0.3 is 0 Å². The van der Waals surface area contributed by atoms with E-state index < -0.39 is 0 Å². The van der Waals surface area contributed by atoms with E-state index in [4.69, 9.17) is 0 Å². The van der Waals surface area contributed by atoms with E-state index in [2.05, 4.69) is 28.7 Å². The van der Waals surface area contributed by atoms with Crippen LogP contribution in [0, 0.1) is 5.41 Å². The molecule has 2 aliphatic rings. The third-order valence-corrected chi connectivity index (χ3v) is 4.15. The fourth-order valence-corrected chi connectivity index (χ4v) is 2.52. The van der Waals surface area contributed by atoms with Crippen molar-refractivity contribution in [2.75, 3.05) is 18.0 Å². The van der Waals surface area contributed by atoms with Gasteiger partial charge in [0, 0.05) is 25.1 Å². The molecule has 0 aromatic carbocycles. The Hall–Kier alpha value is -1.32.